The third-order valence-electron chi connectivity index (χ3n) is 2.58. The number of aryl methyl sites for hydroxylation is 1. The summed E-state index contributed by atoms with van der Waals surface area (Å²) in [4.78, 5) is 2.97. The van der Waals surface area contributed by atoms with Crippen molar-refractivity contribution < 1.29 is 0 Å². The first kappa shape index (κ1) is 12.7. The van der Waals surface area contributed by atoms with Gasteiger partial charge in [0.15, 0.2) is 0 Å². The van der Waals surface area contributed by atoms with Crippen LogP contribution in [0.3, 0.4) is 0 Å². The first-order valence-corrected chi connectivity index (χ1v) is 6.30. The van der Waals surface area contributed by atoms with Gasteiger partial charge in [0.1, 0.15) is 0 Å². The van der Waals surface area contributed by atoms with Gasteiger partial charge in [-0.1, -0.05) is 22.9 Å². The summed E-state index contributed by atoms with van der Waals surface area (Å²) in [5, 5.41) is 4.16. The summed E-state index contributed by atoms with van der Waals surface area (Å²) in [5.74, 6) is 0. The van der Waals surface area contributed by atoms with E-state index in [0.29, 0.717) is 4.83 Å². The van der Waals surface area contributed by atoms with Crippen LogP contribution in [0.1, 0.15) is 19.0 Å². The van der Waals surface area contributed by atoms with Gasteiger partial charge >= 0.3 is 0 Å². The van der Waals surface area contributed by atoms with Gasteiger partial charge in [0.2, 0.25) is 0 Å². The van der Waals surface area contributed by atoms with Crippen molar-refractivity contribution in [2.75, 3.05) is 20.1 Å². The van der Waals surface area contributed by atoms with E-state index in [2.05, 4.69) is 46.0 Å². The number of rotatable bonds is 6. The van der Waals surface area contributed by atoms with Gasteiger partial charge in [-0.15, -0.1) is 0 Å². The molecule has 1 aromatic rings. The lowest BCUT2D eigenvalue weighted by Crippen LogP contribution is -2.24. The molecule has 0 bridgehead atoms. The smallest absolute Gasteiger partial charge is 0.0492 e. The lowest BCUT2D eigenvalue weighted by molar-refractivity contribution is 0.331. The molecule has 3 nitrogen and oxygen atoms in total. The average Bonchev–Trinajstić information content (AvgIpc) is 2.58. The Morgan fingerprint density at radius 1 is 1.53 bits per heavy atom. The van der Waals surface area contributed by atoms with Crippen molar-refractivity contribution in [3.63, 3.8) is 0 Å². The molecule has 86 valence electrons. The summed E-state index contributed by atoms with van der Waals surface area (Å²) in [5.41, 5.74) is 1.30. The van der Waals surface area contributed by atoms with Gasteiger partial charge in [0.05, 0.1) is 0 Å². The third-order valence-corrected chi connectivity index (χ3v) is 3.04. The Bertz CT molecular complexity index is 283. The Labute approximate surface area is 101 Å². The van der Waals surface area contributed by atoms with Gasteiger partial charge in [-0.25, -0.2) is 0 Å². The minimum Gasteiger partial charge on any atom is -0.306 e. The molecule has 0 aliphatic carbocycles. The van der Waals surface area contributed by atoms with Gasteiger partial charge in [-0.3, -0.25) is 4.68 Å². The summed E-state index contributed by atoms with van der Waals surface area (Å²) < 4.78 is 1.95. The number of alkyl halides is 1. The number of hydrogen-bond donors (Lipinski definition) is 0. The zero-order chi connectivity index (χ0) is 11.3. The fourth-order valence-electron chi connectivity index (χ4n) is 1.46. The molecule has 0 saturated heterocycles. The van der Waals surface area contributed by atoms with Crippen LogP contribution in [0.25, 0.3) is 0 Å². The van der Waals surface area contributed by atoms with E-state index < -0.39 is 0 Å². The Morgan fingerprint density at radius 3 is 2.80 bits per heavy atom. The van der Waals surface area contributed by atoms with Gasteiger partial charge < -0.3 is 4.90 Å². The molecule has 0 spiro atoms. The molecule has 15 heavy (non-hydrogen) atoms. The van der Waals surface area contributed by atoms with Crippen LogP contribution < -0.4 is 0 Å². The zero-order valence-electron chi connectivity index (χ0n) is 9.78. The number of hydrogen-bond acceptors (Lipinski definition) is 2. The standard InChI is InChI=1S/C11H20BrN3/c1-10(12)5-8-14(2)9-6-11-4-7-13-15(11)3/h4,7,10H,5-6,8-9H2,1-3H3. The van der Waals surface area contributed by atoms with E-state index in [4.69, 9.17) is 0 Å². The molecule has 1 atom stereocenters. The number of halogens is 1. The fourth-order valence-corrected chi connectivity index (χ4v) is 1.67. The quantitative estimate of drug-likeness (QED) is 0.740. The largest absolute Gasteiger partial charge is 0.306 e. The molecule has 0 aromatic carbocycles. The Hall–Kier alpha value is -0.350. The highest BCUT2D eigenvalue weighted by Gasteiger charge is 2.03. The van der Waals surface area contributed by atoms with Crippen LogP contribution in [0.4, 0.5) is 0 Å². The second-order valence-electron chi connectivity index (χ2n) is 4.07. The van der Waals surface area contributed by atoms with E-state index in [-0.39, 0.29) is 0 Å². The normalized spacial score (nSPS) is 13.4. The first-order valence-electron chi connectivity index (χ1n) is 5.39. The van der Waals surface area contributed by atoms with Crippen LogP contribution in [-0.2, 0) is 13.5 Å². The molecule has 0 saturated carbocycles. The van der Waals surface area contributed by atoms with E-state index >= 15 is 0 Å². The highest BCUT2D eigenvalue weighted by Crippen LogP contribution is 2.05. The highest BCUT2D eigenvalue weighted by atomic mass is 79.9. The van der Waals surface area contributed by atoms with Crippen molar-refractivity contribution in [3.05, 3.63) is 18.0 Å². The molecule has 4 heteroatoms. The van der Waals surface area contributed by atoms with E-state index in [1.54, 1.807) is 0 Å². The van der Waals surface area contributed by atoms with Crippen molar-refractivity contribution in [2.24, 2.45) is 7.05 Å². The Kier molecular flexibility index (Phi) is 5.32. The van der Waals surface area contributed by atoms with E-state index in [9.17, 15) is 0 Å². The fraction of sp³-hybridized carbons (Fsp3) is 0.727. The topological polar surface area (TPSA) is 21.1 Å². The second-order valence-corrected chi connectivity index (χ2v) is 5.63. The molecule has 1 aromatic heterocycles. The van der Waals surface area contributed by atoms with Gasteiger partial charge in [0, 0.05) is 36.7 Å². The van der Waals surface area contributed by atoms with Crippen LogP contribution in [0.2, 0.25) is 0 Å². The molecule has 0 aliphatic rings. The van der Waals surface area contributed by atoms with Crippen LogP contribution in [0, 0.1) is 0 Å². The lowest BCUT2D eigenvalue weighted by Gasteiger charge is -2.17. The summed E-state index contributed by atoms with van der Waals surface area (Å²) in [7, 11) is 4.17. The zero-order valence-corrected chi connectivity index (χ0v) is 11.4. The summed E-state index contributed by atoms with van der Waals surface area (Å²) in [6, 6.07) is 2.08. The third kappa shape index (κ3) is 4.80. The van der Waals surface area contributed by atoms with Crippen LogP contribution >= 0.6 is 15.9 Å². The predicted octanol–water partition coefficient (Wildman–Crippen LogP) is 2.07. The maximum Gasteiger partial charge on any atom is 0.0492 e. The van der Waals surface area contributed by atoms with Crippen LogP contribution in [0.5, 0.6) is 0 Å². The van der Waals surface area contributed by atoms with Crippen molar-refractivity contribution >= 4 is 15.9 Å². The maximum absolute atomic E-state index is 4.16. The average molecular weight is 274 g/mol. The maximum atomic E-state index is 4.16. The second kappa shape index (κ2) is 6.28. The predicted molar refractivity (Wildman–Crippen MR) is 67.4 cm³/mol. The van der Waals surface area contributed by atoms with Crippen molar-refractivity contribution in [1.29, 1.82) is 0 Å². The molecule has 0 N–H and O–H groups in total. The molecule has 0 radical (unpaired) electrons. The minimum absolute atomic E-state index is 0.608. The first-order chi connectivity index (χ1) is 7.09. The SMILES string of the molecule is CC(Br)CCN(C)CCc1ccnn1C. The van der Waals surface area contributed by atoms with Crippen LogP contribution in [-0.4, -0.2) is 39.6 Å². The molecular weight excluding hydrogens is 254 g/mol. The monoisotopic (exact) mass is 273 g/mol. The number of likely N-dealkylation sites (N-methyl/N-ethyl adjacent to an activating group) is 1. The van der Waals surface area contributed by atoms with E-state index in [1.165, 1.54) is 12.1 Å². The summed E-state index contributed by atoms with van der Waals surface area (Å²) in [6.45, 7) is 4.43. The van der Waals surface area contributed by atoms with E-state index in [0.717, 1.165) is 19.5 Å². The summed E-state index contributed by atoms with van der Waals surface area (Å²) >= 11 is 3.56. The highest BCUT2D eigenvalue weighted by molar-refractivity contribution is 9.09. The van der Waals surface area contributed by atoms with Gasteiger partial charge in [-0.05, 0) is 26.1 Å². The molecular formula is C11H20BrN3. The number of aromatic nitrogens is 2. The van der Waals surface area contributed by atoms with E-state index in [1.807, 2.05) is 17.9 Å². The van der Waals surface area contributed by atoms with Crippen molar-refractivity contribution in [3.8, 4) is 0 Å². The molecule has 1 rings (SSSR count). The number of nitrogens with zero attached hydrogens (tertiary/aromatic N) is 3. The minimum atomic E-state index is 0.608. The molecule has 0 fully saturated rings. The molecule has 1 heterocycles. The van der Waals surface area contributed by atoms with Crippen molar-refractivity contribution in [2.45, 2.75) is 24.6 Å². The van der Waals surface area contributed by atoms with Crippen molar-refractivity contribution in [1.82, 2.24) is 14.7 Å². The molecule has 0 amide bonds. The Balaban J connectivity index is 2.22. The van der Waals surface area contributed by atoms with Gasteiger partial charge in [-0.2, -0.15) is 5.10 Å². The molecule has 1 unspecified atom stereocenters. The van der Waals surface area contributed by atoms with Crippen LogP contribution in [0.15, 0.2) is 12.3 Å². The lowest BCUT2D eigenvalue weighted by atomic mass is 10.2. The van der Waals surface area contributed by atoms with Gasteiger partial charge in [0.25, 0.3) is 0 Å². The molecule has 0 aliphatic heterocycles. The summed E-state index contributed by atoms with van der Waals surface area (Å²) in [6.07, 6.45) is 4.13. The Morgan fingerprint density at radius 2 is 2.27 bits per heavy atom.